The first-order chi connectivity index (χ1) is 8.42. The summed E-state index contributed by atoms with van der Waals surface area (Å²) in [4.78, 5) is 10.6. The minimum atomic E-state index is 0.719. The highest BCUT2D eigenvalue weighted by Crippen LogP contribution is 2.32. The summed E-state index contributed by atoms with van der Waals surface area (Å²) >= 11 is 3.07. The molecule has 88 valence electrons. The Morgan fingerprint density at radius 2 is 1.88 bits per heavy atom. The van der Waals surface area contributed by atoms with Gasteiger partial charge in [0.2, 0.25) is 5.13 Å². The van der Waals surface area contributed by atoms with E-state index in [0.29, 0.717) is 0 Å². The Hall–Kier alpha value is -1.21. The zero-order valence-electron chi connectivity index (χ0n) is 9.11. The van der Waals surface area contributed by atoms with Crippen LogP contribution in [0.1, 0.15) is 12.8 Å². The standard InChI is InChI=1S/C10H11N5S2/c1-2-7-15(6-1)9-13-14-10(17-9)16-8-11-4-3-5-12-8/h3-5H,1-2,6-7H2. The Bertz CT molecular complexity index is 480. The smallest absolute Gasteiger partial charge is 0.209 e. The number of hydrogen-bond acceptors (Lipinski definition) is 7. The molecule has 1 saturated heterocycles. The molecule has 1 aliphatic heterocycles. The third-order valence-electron chi connectivity index (χ3n) is 2.49. The number of rotatable bonds is 3. The van der Waals surface area contributed by atoms with Crippen LogP contribution in [0.5, 0.6) is 0 Å². The molecule has 0 spiro atoms. The highest BCUT2D eigenvalue weighted by molar-refractivity contribution is 8.00. The fraction of sp³-hybridized carbons (Fsp3) is 0.400. The molecule has 7 heteroatoms. The average Bonchev–Trinajstić information content (AvgIpc) is 3.00. The molecule has 1 fully saturated rings. The summed E-state index contributed by atoms with van der Waals surface area (Å²) < 4.78 is 0.901. The largest absolute Gasteiger partial charge is 0.347 e. The van der Waals surface area contributed by atoms with E-state index in [1.165, 1.54) is 24.6 Å². The first-order valence-electron chi connectivity index (χ1n) is 5.45. The molecule has 0 N–H and O–H groups in total. The van der Waals surface area contributed by atoms with E-state index >= 15 is 0 Å². The molecule has 5 nitrogen and oxygen atoms in total. The van der Waals surface area contributed by atoms with Crippen molar-refractivity contribution in [1.82, 2.24) is 20.2 Å². The van der Waals surface area contributed by atoms with Gasteiger partial charge in [-0.25, -0.2) is 9.97 Å². The van der Waals surface area contributed by atoms with E-state index in [4.69, 9.17) is 0 Å². The Kier molecular flexibility index (Phi) is 3.19. The van der Waals surface area contributed by atoms with E-state index in [2.05, 4.69) is 25.1 Å². The lowest BCUT2D eigenvalue weighted by molar-refractivity contribution is 0.909. The molecule has 1 aliphatic rings. The summed E-state index contributed by atoms with van der Waals surface area (Å²) in [5.74, 6) is 0. The van der Waals surface area contributed by atoms with Crippen LogP contribution >= 0.6 is 23.1 Å². The van der Waals surface area contributed by atoms with Crippen molar-refractivity contribution in [2.24, 2.45) is 0 Å². The number of hydrogen-bond donors (Lipinski definition) is 0. The van der Waals surface area contributed by atoms with E-state index in [1.807, 2.05) is 0 Å². The fourth-order valence-electron chi connectivity index (χ4n) is 1.70. The van der Waals surface area contributed by atoms with Gasteiger partial charge in [0, 0.05) is 25.5 Å². The molecule has 0 saturated carbocycles. The summed E-state index contributed by atoms with van der Waals surface area (Å²) in [5.41, 5.74) is 0. The van der Waals surface area contributed by atoms with Crippen LogP contribution in [0.4, 0.5) is 5.13 Å². The van der Waals surface area contributed by atoms with E-state index in [1.54, 1.807) is 29.8 Å². The molecule has 0 amide bonds. The SMILES string of the molecule is c1cnc(Sc2nnc(N3CCCC3)s2)nc1. The van der Waals surface area contributed by atoms with E-state index < -0.39 is 0 Å². The third kappa shape index (κ3) is 2.55. The quantitative estimate of drug-likeness (QED) is 0.792. The normalized spacial score (nSPS) is 15.4. The van der Waals surface area contributed by atoms with Crippen LogP contribution in [-0.4, -0.2) is 33.3 Å². The van der Waals surface area contributed by atoms with Crippen LogP contribution in [0.2, 0.25) is 0 Å². The van der Waals surface area contributed by atoms with Crippen LogP contribution in [0.15, 0.2) is 28.0 Å². The zero-order chi connectivity index (χ0) is 11.5. The maximum absolute atomic E-state index is 4.21. The molecule has 3 heterocycles. The van der Waals surface area contributed by atoms with Gasteiger partial charge in [-0.05, 0) is 30.7 Å². The number of nitrogens with zero attached hydrogens (tertiary/aromatic N) is 5. The Morgan fingerprint density at radius 1 is 1.12 bits per heavy atom. The minimum absolute atomic E-state index is 0.719. The second kappa shape index (κ2) is 4.97. The molecule has 0 aromatic carbocycles. The molecular formula is C10H11N5S2. The Balaban J connectivity index is 1.72. The lowest BCUT2D eigenvalue weighted by Gasteiger charge is -2.10. The maximum Gasteiger partial charge on any atom is 0.209 e. The van der Waals surface area contributed by atoms with Gasteiger partial charge < -0.3 is 4.90 Å². The topological polar surface area (TPSA) is 54.8 Å². The van der Waals surface area contributed by atoms with Crippen molar-refractivity contribution >= 4 is 28.2 Å². The van der Waals surface area contributed by atoms with Gasteiger partial charge in [0.1, 0.15) is 0 Å². The Morgan fingerprint density at radius 3 is 2.65 bits per heavy atom. The molecular weight excluding hydrogens is 254 g/mol. The van der Waals surface area contributed by atoms with E-state index in [-0.39, 0.29) is 0 Å². The minimum Gasteiger partial charge on any atom is -0.347 e. The van der Waals surface area contributed by atoms with Gasteiger partial charge in [-0.15, -0.1) is 10.2 Å². The lowest BCUT2D eigenvalue weighted by Crippen LogP contribution is -2.17. The van der Waals surface area contributed by atoms with Gasteiger partial charge in [-0.3, -0.25) is 0 Å². The van der Waals surface area contributed by atoms with Crippen LogP contribution in [0.3, 0.4) is 0 Å². The molecule has 2 aromatic rings. The van der Waals surface area contributed by atoms with Crippen LogP contribution in [0, 0.1) is 0 Å². The van der Waals surface area contributed by atoms with Gasteiger partial charge in [0.25, 0.3) is 0 Å². The lowest BCUT2D eigenvalue weighted by atomic mass is 10.4. The molecule has 0 atom stereocenters. The molecule has 2 aromatic heterocycles. The van der Waals surface area contributed by atoms with Crippen molar-refractivity contribution in [3.63, 3.8) is 0 Å². The van der Waals surface area contributed by atoms with Gasteiger partial charge in [-0.1, -0.05) is 11.3 Å². The number of anilines is 1. The second-order valence-corrected chi connectivity index (χ2v) is 5.85. The summed E-state index contributed by atoms with van der Waals surface area (Å²) in [6.45, 7) is 2.20. The first kappa shape index (κ1) is 10.9. The summed E-state index contributed by atoms with van der Waals surface area (Å²) in [6.07, 6.45) is 5.98. The zero-order valence-corrected chi connectivity index (χ0v) is 10.7. The monoisotopic (exact) mass is 265 g/mol. The maximum atomic E-state index is 4.21. The molecule has 3 rings (SSSR count). The predicted molar refractivity (Wildman–Crippen MR) is 67.5 cm³/mol. The van der Waals surface area contributed by atoms with Crippen molar-refractivity contribution < 1.29 is 0 Å². The molecule has 0 aliphatic carbocycles. The van der Waals surface area contributed by atoms with Gasteiger partial charge in [0.15, 0.2) is 9.50 Å². The summed E-state index contributed by atoms with van der Waals surface area (Å²) in [7, 11) is 0. The highest BCUT2D eigenvalue weighted by atomic mass is 32.2. The van der Waals surface area contributed by atoms with Crippen molar-refractivity contribution in [3.05, 3.63) is 18.5 Å². The molecule has 0 bridgehead atoms. The predicted octanol–water partition coefficient (Wildman–Crippen LogP) is 2.08. The van der Waals surface area contributed by atoms with Crippen LogP contribution in [0.25, 0.3) is 0 Å². The first-order valence-corrected chi connectivity index (χ1v) is 7.08. The molecule has 17 heavy (non-hydrogen) atoms. The summed E-state index contributed by atoms with van der Waals surface area (Å²) in [5, 5.41) is 10.1. The van der Waals surface area contributed by atoms with Gasteiger partial charge in [0.05, 0.1) is 0 Å². The second-order valence-electron chi connectivity index (χ2n) is 3.68. The van der Waals surface area contributed by atoms with Gasteiger partial charge in [-0.2, -0.15) is 0 Å². The average molecular weight is 265 g/mol. The highest BCUT2D eigenvalue weighted by Gasteiger charge is 2.17. The third-order valence-corrected chi connectivity index (χ3v) is 4.42. The van der Waals surface area contributed by atoms with Crippen molar-refractivity contribution in [2.75, 3.05) is 18.0 Å². The van der Waals surface area contributed by atoms with E-state index in [0.717, 1.165) is 27.7 Å². The summed E-state index contributed by atoms with van der Waals surface area (Å²) in [6, 6.07) is 1.81. The van der Waals surface area contributed by atoms with Crippen molar-refractivity contribution in [1.29, 1.82) is 0 Å². The van der Waals surface area contributed by atoms with Crippen LogP contribution in [-0.2, 0) is 0 Å². The van der Waals surface area contributed by atoms with Gasteiger partial charge >= 0.3 is 0 Å². The van der Waals surface area contributed by atoms with Crippen LogP contribution < -0.4 is 4.90 Å². The van der Waals surface area contributed by atoms with Crippen molar-refractivity contribution in [2.45, 2.75) is 22.3 Å². The van der Waals surface area contributed by atoms with Crippen molar-refractivity contribution in [3.8, 4) is 0 Å². The molecule has 0 unspecified atom stereocenters. The molecule has 0 radical (unpaired) electrons. The Labute approximate surface area is 107 Å². The van der Waals surface area contributed by atoms with E-state index in [9.17, 15) is 0 Å². The number of aromatic nitrogens is 4. The fourth-order valence-corrected chi connectivity index (χ4v) is 3.41.